The highest BCUT2D eigenvalue weighted by atomic mass is 32.2. The number of nitrogens with one attached hydrogen (secondary N) is 1. The third-order valence-corrected chi connectivity index (χ3v) is 3.91. The molecule has 0 aliphatic rings. The summed E-state index contributed by atoms with van der Waals surface area (Å²) in [4.78, 5) is 3.49. The first-order valence-electron chi connectivity index (χ1n) is 5.66. The molecule has 21 heavy (non-hydrogen) atoms. The van der Waals surface area contributed by atoms with Gasteiger partial charge < -0.3 is 5.73 Å². The lowest BCUT2D eigenvalue weighted by atomic mass is 10.3. The number of rotatable bonds is 4. The highest BCUT2D eigenvalue weighted by Crippen LogP contribution is 2.22. The van der Waals surface area contributed by atoms with E-state index in [-0.39, 0.29) is 11.4 Å². The number of anilines is 1. The van der Waals surface area contributed by atoms with Crippen molar-refractivity contribution in [2.75, 3.05) is 4.72 Å². The average Bonchev–Trinajstić information content (AvgIpc) is 2.44. The fourth-order valence-corrected chi connectivity index (χ4v) is 2.52. The molecular formula is C12H10F3N3O2S. The summed E-state index contributed by atoms with van der Waals surface area (Å²) in [6.07, 6.45) is 1.01. The van der Waals surface area contributed by atoms with Gasteiger partial charge in [-0.1, -0.05) is 0 Å². The number of nitrogens with two attached hydrogens (primary N) is 1. The van der Waals surface area contributed by atoms with Crippen LogP contribution in [0.1, 0.15) is 5.69 Å². The van der Waals surface area contributed by atoms with E-state index in [1.807, 2.05) is 0 Å². The predicted molar refractivity (Wildman–Crippen MR) is 69.3 cm³/mol. The summed E-state index contributed by atoms with van der Waals surface area (Å²) >= 11 is 0. The minimum atomic E-state index is -4.22. The molecule has 1 aromatic heterocycles. The van der Waals surface area contributed by atoms with E-state index in [4.69, 9.17) is 5.73 Å². The number of hydrogen-bond donors (Lipinski definition) is 2. The summed E-state index contributed by atoms with van der Waals surface area (Å²) in [7, 11) is -4.22. The molecule has 0 unspecified atom stereocenters. The van der Waals surface area contributed by atoms with Crippen molar-refractivity contribution in [3.63, 3.8) is 0 Å². The maximum Gasteiger partial charge on any atom is 0.263 e. The van der Waals surface area contributed by atoms with E-state index in [1.165, 1.54) is 12.1 Å². The van der Waals surface area contributed by atoms with Crippen LogP contribution in [0.3, 0.4) is 0 Å². The van der Waals surface area contributed by atoms with Crippen LogP contribution in [0.5, 0.6) is 0 Å². The van der Waals surface area contributed by atoms with Crippen molar-refractivity contribution in [2.24, 2.45) is 5.73 Å². The third kappa shape index (κ3) is 3.31. The zero-order valence-corrected chi connectivity index (χ0v) is 11.3. The summed E-state index contributed by atoms with van der Waals surface area (Å²) in [6.45, 7) is 0.123. The molecule has 0 saturated carbocycles. The van der Waals surface area contributed by atoms with Gasteiger partial charge in [-0.25, -0.2) is 21.6 Å². The van der Waals surface area contributed by atoms with Gasteiger partial charge in [-0.05, 0) is 12.1 Å². The SMILES string of the molecule is NCc1ccc(S(=O)(=O)Nc2cc(F)cc(F)c2F)cn1. The monoisotopic (exact) mass is 317 g/mol. The Hall–Kier alpha value is -2.13. The molecule has 3 N–H and O–H groups in total. The van der Waals surface area contributed by atoms with E-state index >= 15 is 0 Å². The van der Waals surface area contributed by atoms with Crippen molar-refractivity contribution in [2.45, 2.75) is 11.4 Å². The molecule has 2 rings (SSSR count). The summed E-state index contributed by atoms with van der Waals surface area (Å²) < 4.78 is 65.2. The van der Waals surface area contributed by atoms with Gasteiger partial charge in [0.2, 0.25) is 0 Å². The van der Waals surface area contributed by atoms with Gasteiger partial charge in [-0.3, -0.25) is 9.71 Å². The molecule has 0 fully saturated rings. The van der Waals surface area contributed by atoms with Crippen molar-refractivity contribution in [1.29, 1.82) is 0 Å². The number of nitrogens with zero attached hydrogens (tertiary/aromatic N) is 1. The molecule has 1 aromatic carbocycles. The zero-order chi connectivity index (χ0) is 15.6. The smallest absolute Gasteiger partial charge is 0.263 e. The Labute approximate surface area is 118 Å². The van der Waals surface area contributed by atoms with E-state index in [9.17, 15) is 21.6 Å². The second kappa shape index (κ2) is 5.70. The summed E-state index contributed by atoms with van der Waals surface area (Å²) in [5.41, 5.74) is 4.96. The van der Waals surface area contributed by atoms with E-state index in [0.29, 0.717) is 17.8 Å². The quantitative estimate of drug-likeness (QED) is 0.842. The van der Waals surface area contributed by atoms with Gasteiger partial charge >= 0.3 is 0 Å². The maximum atomic E-state index is 13.4. The first-order chi connectivity index (χ1) is 9.83. The Balaban J connectivity index is 2.37. The molecule has 0 aliphatic heterocycles. The summed E-state index contributed by atoms with van der Waals surface area (Å²) in [6, 6.07) is 3.42. The molecule has 0 bridgehead atoms. The van der Waals surface area contributed by atoms with E-state index in [1.54, 1.807) is 4.72 Å². The van der Waals surface area contributed by atoms with E-state index in [0.717, 1.165) is 6.20 Å². The number of benzene rings is 1. The van der Waals surface area contributed by atoms with Crippen molar-refractivity contribution in [3.8, 4) is 0 Å². The van der Waals surface area contributed by atoms with Gasteiger partial charge in [0.25, 0.3) is 10.0 Å². The molecule has 0 atom stereocenters. The highest BCUT2D eigenvalue weighted by molar-refractivity contribution is 7.92. The minimum Gasteiger partial charge on any atom is -0.325 e. The van der Waals surface area contributed by atoms with Crippen LogP contribution in [0, 0.1) is 17.5 Å². The Kier molecular flexibility index (Phi) is 4.14. The topological polar surface area (TPSA) is 85.1 Å². The molecular weight excluding hydrogens is 307 g/mol. The van der Waals surface area contributed by atoms with Crippen LogP contribution in [-0.2, 0) is 16.6 Å². The first-order valence-corrected chi connectivity index (χ1v) is 7.14. The number of halogens is 3. The van der Waals surface area contributed by atoms with Gasteiger partial charge in [0.05, 0.1) is 11.4 Å². The van der Waals surface area contributed by atoms with Gasteiger partial charge in [0, 0.05) is 24.9 Å². The second-order valence-corrected chi connectivity index (χ2v) is 5.73. The van der Waals surface area contributed by atoms with Crippen LogP contribution in [0.15, 0.2) is 35.4 Å². The van der Waals surface area contributed by atoms with Crippen LogP contribution in [0.4, 0.5) is 18.9 Å². The molecule has 5 nitrogen and oxygen atoms in total. The van der Waals surface area contributed by atoms with Crippen LogP contribution >= 0.6 is 0 Å². The number of hydrogen-bond acceptors (Lipinski definition) is 4. The number of sulfonamides is 1. The van der Waals surface area contributed by atoms with Crippen LogP contribution in [-0.4, -0.2) is 13.4 Å². The lowest BCUT2D eigenvalue weighted by molar-refractivity contribution is 0.498. The van der Waals surface area contributed by atoms with Crippen LogP contribution in [0.2, 0.25) is 0 Å². The van der Waals surface area contributed by atoms with Gasteiger partial charge in [0.1, 0.15) is 10.7 Å². The summed E-state index contributed by atoms with van der Waals surface area (Å²) in [5, 5.41) is 0. The predicted octanol–water partition coefficient (Wildman–Crippen LogP) is 1.76. The Morgan fingerprint density at radius 3 is 2.48 bits per heavy atom. The van der Waals surface area contributed by atoms with Gasteiger partial charge in [-0.2, -0.15) is 0 Å². The summed E-state index contributed by atoms with van der Waals surface area (Å²) in [5.74, 6) is -4.10. The molecule has 0 spiro atoms. The van der Waals surface area contributed by atoms with Crippen molar-refractivity contribution in [1.82, 2.24) is 4.98 Å². The van der Waals surface area contributed by atoms with Crippen molar-refractivity contribution < 1.29 is 21.6 Å². The molecule has 0 saturated heterocycles. The molecule has 0 amide bonds. The zero-order valence-electron chi connectivity index (χ0n) is 10.5. The normalized spacial score (nSPS) is 11.4. The average molecular weight is 317 g/mol. The second-order valence-electron chi connectivity index (χ2n) is 4.04. The molecule has 9 heteroatoms. The Bertz CT molecular complexity index is 764. The van der Waals surface area contributed by atoms with Crippen molar-refractivity contribution >= 4 is 15.7 Å². The standard InChI is InChI=1S/C12H10F3N3O2S/c13-7-3-10(14)12(15)11(4-7)18-21(19,20)9-2-1-8(5-16)17-6-9/h1-4,6,18H,5,16H2. The molecule has 2 aromatic rings. The van der Waals surface area contributed by atoms with Crippen LogP contribution < -0.4 is 10.5 Å². The lowest BCUT2D eigenvalue weighted by Crippen LogP contribution is -2.15. The minimum absolute atomic E-state index is 0.123. The lowest BCUT2D eigenvalue weighted by Gasteiger charge is -2.09. The Morgan fingerprint density at radius 2 is 1.90 bits per heavy atom. The molecule has 1 heterocycles. The largest absolute Gasteiger partial charge is 0.325 e. The highest BCUT2D eigenvalue weighted by Gasteiger charge is 2.19. The first kappa shape index (κ1) is 15.3. The van der Waals surface area contributed by atoms with Crippen LogP contribution in [0.25, 0.3) is 0 Å². The fraction of sp³-hybridized carbons (Fsp3) is 0.0833. The van der Waals surface area contributed by atoms with E-state index in [2.05, 4.69) is 4.98 Å². The Morgan fingerprint density at radius 1 is 1.19 bits per heavy atom. The fourth-order valence-electron chi connectivity index (χ4n) is 1.52. The molecule has 0 radical (unpaired) electrons. The van der Waals surface area contributed by atoms with E-state index < -0.39 is 33.2 Å². The molecule has 112 valence electrons. The third-order valence-electron chi connectivity index (χ3n) is 2.55. The maximum absolute atomic E-state index is 13.4. The van der Waals surface area contributed by atoms with Gasteiger partial charge in [-0.15, -0.1) is 0 Å². The number of aromatic nitrogens is 1. The molecule has 0 aliphatic carbocycles. The number of pyridine rings is 1. The van der Waals surface area contributed by atoms with Crippen molar-refractivity contribution in [3.05, 3.63) is 53.6 Å². The van der Waals surface area contributed by atoms with Gasteiger partial charge in [0.15, 0.2) is 11.6 Å².